The number of hydrogen-bond donors (Lipinski definition) is 1. The van der Waals surface area contributed by atoms with Crippen LogP contribution in [0.25, 0.3) is 55.6 Å². The predicted octanol–water partition coefficient (Wildman–Crippen LogP) is 13.6. The van der Waals surface area contributed by atoms with Gasteiger partial charge in [-0.15, -0.1) is 0 Å². The fraction of sp³-hybridized carbons (Fsp3) is 0.0847. The minimum absolute atomic E-state index is 0.827. The number of benzene rings is 9. The molecular weight excluding hydrogens is 747 g/mol. The van der Waals surface area contributed by atoms with Crippen LogP contribution in [0.3, 0.4) is 0 Å². The third-order valence-corrected chi connectivity index (χ3v) is 13.6. The van der Waals surface area contributed by atoms with E-state index in [0.29, 0.717) is 0 Å². The van der Waals surface area contributed by atoms with Gasteiger partial charge < -0.3 is 10.2 Å². The lowest BCUT2D eigenvalue weighted by Gasteiger charge is -2.38. The topological polar surface area (TPSA) is 15.3 Å². The number of hydrogen-bond acceptors (Lipinski definition) is 2. The van der Waals surface area contributed by atoms with Crippen LogP contribution in [0.15, 0.2) is 188 Å². The Bertz CT molecular complexity index is 3220. The highest BCUT2D eigenvalue weighted by Crippen LogP contribution is 2.53. The lowest BCUT2D eigenvalue weighted by atomic mass is 9.56. The van der Waals surface area contributed by atoms with Gasteiger partial charge in [-0.05, 0) is 135 Å². The Morgan fingerprint density at radius 2 is 1.21 bits per heavy atom. The van der Waals surface area contributed by atoms with E-state index in [1.165, 1.54) is 117 Å². The van der Waals surface area contributed by atoms with Crippen LogP contribution in [-0.4, -0.2) is 7.28 Å². The molecule has 0 fully saturated rings. The van der Waals surface area contributed by atoms with Gasteiger partial charge in [0.1, 0.15) is 0 Å². The van der Waals surface area contributed by atoms with Gasteiger partial charge in [-0.25, -0.2) is 0 Å². The van der Waals surface area contributed by atoms with Crippen molar-refractivity contribution in [3.63, 3.8) is 0 Å². The molecule has 0 atom stereocenters. The SMILES string of the molecule is CCc1ccc(N2c3cc4c(c(-c5ccc(-c6ccccc6)cc5Nc5ccc(C)cc5)c3Bc3ccc5c(c32)-c2ccccc2C5)Cc2ccccc2-4)c(-c2ccccc2)c1. The Labute approximate surface area is 365 Å². The molecule has 12 rings (SSSR count). The van der Waals surface area contributed by atoms with Gasteiger partial charge in [0.25, 0.3) is 0 Å². The molecule has 294 valence electrons. The molecule has 3 heteroatoms. The molecule has 0 bridgehead atoms. The maximum Gasteiger partial charge on any atom is 0.198 e. The monoisotopic (exact) mass is 792 g/mol. The maximum absolute atomic E-state index is 3.96. The summed E-state index contributed by atoms with van der Waals surface area (Å²) in [7, 11) is 0.827. The number of fused-ring (bicyclic) bond motifs is 9. The smallest absolute Gasteiger partial charge is 0.198 e. The number of anilines is 5. The maximum atomic E-state index is 3.96. The average molecular weight is 793 g/mol. The molecule has 0 radical (unpaired) electrons. The summed E-state index contributed by atoms with van der Waals surface area (Å²) in [6, 6.07) is 70.4. The second-order valence-electron chi connectivity index (χ2n) is 17.3. The van der Waals surface area contributed by atoms with Gasteiger partial charge in [0, 0.05) is 39.4 Å². The van der Waals surface area contributed by atoms with Crippen LogP contribution in [0.5, 0.6) is 0 Å². The molecule has 9 aromatic carbocycles. The Morgan fingerprint density at radius 3 is 1.98 bits per heavy atom. The van der Waals surface area contributed by atoms with Crippen LogP contribution in [0.1, 0.15) is 40.3 Å². The summed E-state index contributed by atoms with van der Waals surface area (Å²) < 4.78 is 0. The van der Waals surface area contributed by atoms with E-state index in [1.807, 2.05) is 0 Å². The van der Waals surface area contributed by atoms with Crippen LogP contribution in [0.4, 0.5) is 28.4 Å². The average Bonchev–Trinajstić information content (AvgIpc) is 3.90. The summed E-state index contributed by atoms with van der Waals surface area (Å²) in [5, 5.41) is 3.96. The first-order valence-electron chi connectivity index (χ1n) is 22.1. The van der Waals surface area contributed by atoms with Crippen molar-refractivity contribution in [3.8, 4) is 55.6 Å². The molecule has 2 nitrogen and oxygen atoms in total. The third kappa shape index (κ3) is 5.95. The van der Waals surface area contributed by atoms with Crippen molar-refractivity contribution in [3.05, 3.63) is 221 Å². The molecule has 1 N–H and O–H groups in total. The van der Waals surface area contributed by atoms with Gasteiger partial charge in [-0.3, -0.25) is 0 Å². The Kier molecular flexibility index (Phi) is 8.64. The third-order valence-electron chi connectivity index (χ3n) is 13.6. The molecule has 2 aliphatic carbocycles. The fourth-order valence-corrected chi connectivity index (χ4v) is 10.5. The molecular formula is C59H45BN2. The van der Waals surface area contributed by atoms with Crippen molar-refractivity contribution in [1.29, 1.82) is 0 Å². The fourth-order valence-electron chi connectivity index (χ4n) is 10.5. The largest absolute Gasteiger partial charge is 0.355 e. The minimum atomic E-state index is 0.827. The summed E-state index contributed by atoms with van der Waals surface area (Å²) in [4.78, 5) is 2.67. The summed E-state index contributed by atoms with van der Waals surface area (Å²) in [6.45, 7) is 4.41. The Balaban J connectivity index is 1.18. The lowest BCUT2D eigenvalue weighted by molar-refractivity contribution is 1.14. The lowest BCUT2D eigenvalue weighted by Crippen LogP contribution is -2.42. The van der Waals surface area contributed by atoms with E-state index in [-0.39, 0.29) is 0 Å². The number of nitrogens with one attached hydrogen (secondary N) is 1. The molecule has 3 aliphatic rings. The van der Waals surface area contributed by atoms with E-state index in [2.05, 4.69) is 212 Å². The van der Waals surface area contributed by atoms with Gasteiger partial charge in [-0.1, -0.05) is 170 Å². The molecule has 62 heavy (non-hydrogen) atoms. The van der Waals surface area contributed by atoms with E-state index in [4.69, 9.17) is 0 Å². The van der Waals surface area contributed by atoms with E-state index < -0.39 is 0 Å². The minimum Gasteiger partial charge on any atom is -0.355 e. The molecule has 9 aromatic rings. The summed E-state index contributed by atoms with van der Waals surface area (Å²) in [5.41, 5.74) is 29.7. The summed E-state index contributed by atoms with van der Waals surface area (Å²) in [5.74, 6) is 0. The van der Waals surface area contributed by atoms with E-state index in [9.17, 15) is 0 Å². The van der Waals surface area contributed by atoms with E-state index in [1.54, 1.807) is 0 Å². The summed E-state index contributed by atoms with van der Waals surface area (Å²) in [6.07, 6.45) is 2.81. The van der Waals surface area contributed by atoms with Crippen molar-refractivity contribution < 1.29 is 0 Å². The van der Waals surface area contributed by atoms with Crippen molar-refractivity contribution in [2.45, 2.75) is 33.1 Å². The van der Waals surface area contributed by atoms with Gasteiger partial charge in [0.05, 0.1) is 5.69 Å². The first kappa shape index (κ1) is 36.5. The van der Waals surface area contributed by atoms with Gasteiger partial charge in [0.2, 0.25) is 0 Å². The number of rotatable bonds is 7. The van der Waals surface area contributed by atoms with Crippen LogP contribution in [0, 0.1) is 6.92 Å². The highest BCUT2D eigenvalue weighted by molar-refractivity contribution is 6.73. The van der Waals surface area contributed by atoms with Crippen LogP contribution >= 0.6 is 0 Å². The van der Waals surface area contributed by atoms with Crippen molar-refractivity contribution in [1.82, 2.24) is 0 Å². The highest BCUT2D eigenvalue weighted by atomic mass is 15.2. The quantitative estimate of drug-likeness (QED) is 0.162. The number of nitrogens with zero attached hydrogens (tertiary/aromatic N) is 1. The van der Waals surface area contributed by atoms with Crippen LogP contribution in [-0.2, 0) is 19.3 Å². The zero-order valence-electron chi connectivity index (χ0n) is 35.2. The molecule has 0 unspecified atom stereocenters. The molecule has 0 aromatic heterocycles. The second kappa shape index (κ2) is 14.7. The van der Waals surface area contributed by atoms with Gasteiger partial charge >= 0.3 is 0 Å². The standard InChI is InChI=1S/C59H45BN2/c1-3-38-24-31-54(49(32-38)40-16-8-5-9-17-40)62-55-36-50-46-20-12-10-19-43(46)34-51(50)57(58(55)60-52-30-26-44-33-42-18-11-13-21-47(42)56(44)59(52)62)48-29-25-41(39-14-6-4-7-15-39)35-53(48)61-45-27-22-37(2)23-28-45/h4-32,35-36,60-61H,3,33-34H2,1-2H3. The summed E-state index contributed by atoms with van der Waals surface area (Å²) >= 11 is 0. The van der Waals surface area contributed by atoms with Crippen molar-refractivity contribution in [2.24, 2.45) is 0 Å². The van der Waals surface area contributed by atoms with E-state index in [0.717, 1.165) is 37.9 Å². The highest BCUT2D eigenvalue weighted by Gasteiger charge is 2.37. The number of aryl methyl sites for hydroxylation is 2. The first-order chi connectivity index (χ1) is 30.6. The van der Waals surface area contributed by atoms with Crippen LogP contribution in [0.2, 0.25) is 0 Å². The molecule has 0 saturated carbocycles. The molecule has 0 saturated heterocycles. The normalized spacial score (nSPS) is 12.7. The predicted molar refractivity (Wildman–Crippen MR) is 264 cm³/mol. The molecule has 0 spiro atoms. The first-order valence-corrected chi connectivity index (χ1v) is 22.1. The zero-order chi connectivity index (χ0) is 41.3. The van der Waals surface area contributed by atoms with Gasteiger partial charge in [-0.2, -0.15) is 0 Å². The van der Waals surface area contributed by atoms with Gasteiger partial charge in [0.15, 0.2) is 7.28 Å². The molecule has 1 heterocycles. The second-order valence-corrected chi connectivity index (χ2v) is 17.3. The Morgan fingerprint density at radius 1 is 0.500 bits per heavy atom. The molecule has 0 amide bonds. The van der Waals surface area contributed by atoms with Crippen molar-refractivity contribution in [2.75, 3.05) is 10.2 Å². The zero-order valence-corrected chi connectivity index (χ0v) is 35.2. The van der Waals surface area contributed by atoms with Crippen molar-refractivity contribution >= 4 is 46.6 Å². The van der Waals surface area contributed by atoms with Crippen LogP contribution < -0.4 is 21.1 Å². The molecule has 1 aliphatic heterocycles. The van der Waals surface area contributed by atoms with E-state index >= 15 is 0 Å². The Hall–Kier alpha value is -7.36.